The summed E-state index contributed by atoms with van der Waals surface area (Å²) in [6, 6.07) is 0. The van der Waals surface area contributed by atoms with E-state index in [0.717, 1.165) is 25.6 Å². The number of nitrogens with zero attached hydrogens (tertiary/aromatic N) is 2. The second kappa shape index (κ2) is 4.77. The van der Waals surface area contributed by atoms with Gasteiger partial charge < -0.3 is 20.9 Å². The highest BCUT2D eigenvalue weighted by atomic mass is 32.2. The quantitative estimate of drug-likeness (QED) is 0.786. The Morgan fingerprint density at radius 2 is 2.28 bits per heavy atom. The fourth-order valence-electron chi connectivity index (χ4n) is 2.29. The van der Waals surface area contributed by atoms with E-state index in [1.807, 2.05) is 4.90 Å². The maximum absolute atomic E-state index is 11.7. The molecule has 1 aliphatic rings. The number of piperidine rings is 1. The van der Waals surface area contributed by atoms with Crippen molar-refractivity contribution < 1.29 is 12.9 Å². The van der Waals surface area contributed by atoms with Crippen LogP contribution < -0.4 is 16.4 Å². The molecule has 1 aromatic heterocycles. The van der Waals surface area contributed by atoms with E-state index in [0.29, 0.717) is 24.8 Å². The maximum Gasteiger partial charge on any atom is 0.243 e. The fraction of sp³-hybridized carbons (Fsp3) is 0.700. The Morgan fingerprint density at radius 1 is 1.56 bits per heavy atom. The highest BCUT2D eigenvalue weighted by molar-refractivity contribution is 7.91. The second-order valence-corrected chi connectivity index (χ2v) is 6.61. The second-order valence-electron chi connectivity index (χ2n) is 4.66. The first-order chi connectivity index (χ1) is 8.43. The third kappa shape index (κ3) is 2.44. The molecule has 1 unspecified atom stereocenters. The molecule has 18 heavy (non-hydrogen) atoms. The molecular formula is C10H18N4O3S. The highest BCUT2D eigenvalue weighted by Crippen LogP contribution is 2.32. The topological polar surface area (TPSA) is 115 Å². The van der Waals surface area contributed by atoms with Crippen LogP contribution in [0.5, 0.6) is 0 Å². The van der Waals surface area contributed by atoms with Crippen LogP contribution in [0.4, 0.5) is 11.7 Å². The van der Waals surface area contributed by atoms with Crippen LogP contribution >= 0.6 is 0 Å². The highest BCUT2D eigenvalue weighted by Gasteiger charge is 2.29. The van der Waals surface area contributed by atoms with Gasteiger partial charge in [-0.3, -0.25) is 0 Å². The summed E-state index contributed by atoms with van der Waals surface area (Å²) in [4.78, 5) is 1.87. The lowest BCUT2D eigenvalue weighted by atomic mass is 9.98. The molecule has 4 N–H and O–H groups in total. The Hall–Kier alpha value is -1.28. The zero-order valence-corrected chi connectivity index (χ0v) is 11.1. The molecular weight excluding hydrogens is 256 g/mol. The number of aromatic nitrogens is 1. The molecule has 102 valence electrons. The third-order valence-electron chi connectivity index (χ3n) is 3.18. The Bertz CT molecular complexity index is 525. The maximum atomic E-state index is 11.7. The smallest absolute Gasteiger partial charge is 0.243 e. The first kappa shape index (κ1) is 13.2. The summed E-state index contributed by atoms with van der Waals surface area (Å²) < 4.78 is 28.2. The number of nitrogen functional groups attached to an aromatic ring is 1. The van der Waals surface area contributed by atoms with E-state index in [-0.39, 0.29) is 10.8 Å². The molecule has 1 aliphatic heterocycles. The van der Waals surface area contributed by atoms with Crippen LogP contribution in [0, 0.1) is 5.92 Å². The van der Waals surface area contributed by atoms with Gasteiger partial charge in [0.2, 0.25) is 5.88 Å². The van der Waals surface area contributed by atoms with Gasteiger partial charge >= 0.3 is 0 Å². The van der Waals surface area contributed by atoms with Crippen LogP contribution in [0.25, 0.3) is 0 Å². The van der Waals surface area contributed by atoms with Gasteiger partial charge in [-0.05, 0) is 25.3 Å². The Balaban J connectivity index is 2.34. The van der Waals surface area contributed by atoms with Crippen LogP contribution in [-0.2, 0) is 9.84 Å². The summed E-state index contributed by atoms with van der Waals surface area (Å²) in [5.74, 6) is 0.514. The minimum Gasteiger partial charge on any atom is -0.366 e. The molecule has 0 aliphatic carbocycles. The van der Waals surface area contributed by atoms with Crippen LogP contribution in [0.2, 0.25) is 0 Å². The lowest BCUT2D eigenvalue weighted by molar-refractivity contribution is 0.403. The predicted molar refractivity (Wildman–Crippen MR) is 68.0 cm³/mol. The van der Waals surface area contributed by atoms with Crippen molar-refractivity contribution in [3.63, 3.8) is 0 Å². The number of anilines is 2. The van der Waals surface area contributed by atoms with Gasteiger partial charge in [0.25, 0.3) is 0 Å². The Kier molecular flexibility index (Phi) is 3.49. The first-order valence-corrected chi connectivity index (χ1v) is 7.73. The number of nitrogens with two attached hydrogens (primary N) is 2. The number of hydrogen-bond donors (Lipinski definition) is 2. The van der Waals surface area contributed by atoms with Gasteiger partial charge in [0.1, 0.15) is 0 Å². The van der Waals surface area contributed by atoms with Crippen molar-refractivity contribution in [1.29, 1.82) is 0 Å². The van der Waals surface area contributed by atoms with Crippen molar-refractivity contribution in [3.8, 4) is 0 Å². The number of sulfone groups is 1. The average Bonchev–Trinajstić information content (AvgIpc) is 2.71. The van der Waals surface area contributed by atoms with E-state index in [9.17, 15) is 8.42 Å². The van der Waals surface area contributed by atoms with E-state index in [4.69, 9.17) is 16.0 Å². The standard InChI is InChI=1S/C10H18N4O3S/c1-18(15,16)8-9(12)17-13-10(8)14-4-2-3-7(5-11)6-14/h7H,2-6,11-12H2,1H3. The van der Waals surface area contributed by atoms with Crippen molar-refractivity contribution in [2.75, 3.05) is 36.5 Å². The Labute approximate surface area is 106 Å². The molecule has 0 aromatic carbocycles. The van der Waals surface area contributed by atoms with E-state index in [1.54, 1.807) is 0 Å². The average molecular weight is 274 g/mol. The van der Waals surface area contributed by atoms with Gasteiger partial charge in [-0.15, -0.1) is 0 Å². The molecule has 1 atom stereocenters. The molecule has 0 saturated carbocycles. The molecule has 0 spiro atoms. The first-order valence-electron chi connectivity index (χ1n) is 5.83. The van der Waals surface area contributed by atoms with Crippen LogP contribution in [-0.4, -0.2) is 39.5 Å². The molecule has 0 radical (unpaired) electrons. The molecule has 2 rings (SSSR count). The lowest BCUT2D eigenvalue weighted by Gasteiger charge is -2.32. The summed E-state index contributed by atoms with van der Waals surface area (Å²) >= 11 is 0. The van der Waals surface area contributed by atoms with Gasteiger partial charge in [0.15, 0.2) is 20.6 Å². The third-order valence-corrected chi connectivity index (χ3v) is 4.31. The normalized spacial score (nSPS) is 21.2. The zero-order chi connectivity index (χ0) is 13.3. The Morgan fingerprint density at radius 3 is 2.89 bits per heavy atom. The van der Waals surface area contributed by atoms with Crippen molar-refractivity contribution in [1.82, 2.24) is 5.16 Å². The summed E-state index contributed by atoms with van der Waals surface area (Å²) in [6.07, 6.45) is 3.11. The number of rotatable bonds is 3. The van der Waals surface area contributed by atoms with Crippen molar-refractivity contribution >= 4 is 21.5 Å². The minimum atomic E-state index is -3.45. The van der Waals surface area contributed by atoms with Gasteiger partial charge in [-0.2, -0.15) is 0 Å². The van der Waals surface area contributed by atoms with Gasteiger partial charge in [-0.25, -0.2) is 8.42 Å². The molecule has 1 saturated heterocycles. The van der Waals surface area contributed by atoms with Gasteiger partial charge in [0, 0.05) is 19.3 Å². The van der Waals surface area contributed by atoms with Crippen LogP contribution in [0.15, 0.2) is 9.42 Å². The summed E-state index contributed by atoms with van der Waals surface area (Å²) in [5.41, 5.74) is 11.2. The van der Waals surface area contributed by atoms with E-state index in [2.05, 4.69) is 5.16 Å². The van der Waals surface area contributed by atoms with Crippen molar-refractivity contribution in [2.24, 2.45) is 11.7 Å². The summed E-state index contributed by atoms with van der Waals surface area (Å²) in [7, 11) is -3.45. The molecule has 2 heterocycles. The molecule has 1 fully saturated rings. The molecule has 1 aromatic rings. The monoisotopic (exact) mass is 274 g/mol. The van der Waals surface area contributed by atoms with Gasteiger partial charge in [-0.1, -0.05) is 5.16 Å². The van der Waals surface area contributed by atoms with E-state index >= 15 is 0 Å². The van der Waals surface area contributed by atoms with Crippen molar-refractivity contribution in [2.45, 2.75) is 17.7 Å². The molecule has 0 bridgehead atoms. The SMILES string of the molecule is CS(=O)(=O)c1c(N2CCCC(CN)C2)noc1N. The fourth-order valence-corrected chi connectivity index (χ4v) is 3.19. The predicted octanol–water partition coefficient (Wildman–Crippen LogP) is -0.165. The number of hydrogen-bond acceptors (Lipinski definition) is 7. The molecule has 8 heteroatoms. The summed E-state index contributed by atoms with van der Waals surface area (Å²) in [6.45, 7) is 2.01. The van der Waals surface area contributed by atoms with E-state index in [1.165, 1.54) is 0 Å². The molecule has 0 amide bonds. The zero-order valence-electron chi connectivity index (χ0n) is 10.3. The van der Waals surface area contributed by atoms with Crippen LogP contribution in [0.1, 0.15) is 12.8 Å². The summed E-state index contributed by atoms with van der Waals surface area (Å²) in [5, 5.41) is 3.78. The van der Waals surface area contributed by atoms with E-state index < -0.39 is 9.84 Å². The van der Waals surface area contributed by atoms with Crippen molar-refractivity contribution in [3.05, 3.63) is 0 Å². The lowest BCUT2D eigenvalue weighted by Crippen LogP contribution is -2.39. The minimum absolute atomic E-state index is 0.0137. The largest absolute Gasteiger partial charge is 0.366 e. The molecule has 7 nitrogen and oxygen atoms in total. The van der Waals surface area contributed by atoms with Crippen LogP contribution in [0.3, 0.4) is 0 Å². The van der Waals surface area contributed by atoms with Gasteiger partial charge in [0.05, 0.1) is 0 Å².